The molecule has 4 saturated heterocycles. The second kappa shape index (κ2) is 55.5. The summed E-state index contributed by atoms with van der Waals surface area (Å²) in [6.45, 7) is 56.4. The molecule has 21 nitrogen and oxygen atoms in total. The number of nitrogens with zero attached hydrogens (tertiary/aromatic N) is 7. The Kier molecular flexibility index (Phi) is 47.0. The molecule has 6 amide bonds. The number of piperazine rings is 2. The van der Waals surface area contributed by atoms with Gasteiger partial charge in [0.2, 0.25) is 0 Å². The molecule has 0 aliphatic carbocycles. The third-order valence-corrected chi connectivity index (χ3v) is 21.5. The van der Waals surface area contributed by atoms with Crippen molar-refractivity contribution in [3.63, 3.8) is 0 Å². The summed E-state index contributed by atoms with van der Waals surface area (Å²) in [5.41, 5.74) is 12.0. The maximum Gasteiger partial charge on any atom is 0.251 e. The lowest BCUT2D eigenvalue weighted by Crippen LogP contribution is -2.46. The second-order valence-electron chi connectivity index (χ2n) is 32.8. The maximum atomic E-state index is 12.1. The van der Waals surface area contributed by atoms with Gasteiger partial charge in [0.15, 0.2) is 0 Å². The van der Waals surface area contributed by atoms with Gasteiger partial charge in [-0.15, -0.1) is 0 Å². The third kappa shape index (κ3) is 38.9. The molecule has 640 valence electrons. The molecule has 0 saturated carbocycles. The van der Waals surface area contributed by atoms with Crippen LogP contribution in [0.25, 0.3) is 0 Å². The van der Waals surface area contributed by atoms with Gasteiger partial charge >= 0.3 is 0 Å². The van der Waals surface area contributed by atoms with Crippen LogP contribution in [0.2, 0.25) is 0 Å². The standard InChI is InChI=1S/C17H27N3O.C16H25N3O.C16H24N2O2.C16H24N2O.C16H26N2O.C14H22N2O/c1-14(2)15-4-6-16(7-5-15)17(21)18-8-9-20-12-10-19(3)11-13-20;1-13(2)14-3-5-15(6-4-14)16(20)18-9-12-19-10-7-17-8-11-19;1-13(2)14-3-5-15(6-4-14)16(19)17-7-8-18-9-11-20-12-10-18;1-13(2)14-5-7-15(8-6-14)16(19)17-9-12-18-10-3-4-11-18;1-5-18(6-2)12-11-17-16(19)15-9-7-14(8-10-15)13(3)4;1-11(2)12-5-7-13(8-6-12)14(17)15-9-10-16(3)4/h4-7,14H,8-13H2,1-3H3,(H,18,21);3-6,13,17H,7-12H2,1-2H3,(H,18,20);3-6,13H,7-12H2,1-2H3,(H,17,19);5-8,13H,3-4,9-12H2,1-2H3,(H,17,19);7-10,13H,5-6,11-12H2,1-4H3,(H,17,19);5-8,11H,9-10H2,1-4H3,(H,15,17). The van der Waals surface area contributed by atoms with Gasteiger partial charge in [-0.2, -0.15) is 0 Å². The fourth-order valence-electron chi connectivity index (χ4n) is 13.1. The number of amides is 6. The minimum atomic E-state index is 0.00200. The number of carbonyl (C=O) groups is 6. The molecule has 0 atom stereocenters. The predicted octanol–water partition coefficient (Wildman–Crippen LogP) is 12.7. The summed E-state index contributed by atoms with van der Waals surface area (Å²) in [6.07, 6.45) is 2.59. The van der Waals surface area contributed by atoms with Gasteiger partial charge < -0.3 is 61.6 Å². The molecular weight excluding hydrogens is 1450 g/mol. The molecule has 0 spiro atoms. The average Bonchev–Trinajstić information content (AvgIpc) is 0.902. The summed E-state index contributed by atoms with van der Waals surface area (Å²) in [5, 5.41) is 21.2. The molecule has 0 radical (unpaired) electrons. The first-order valence-electron chi connectivity index (χ1n) is 43.2. The predicted molar refractivity (Wildman–Crippen MR) is 480 cm³/mol. The normalized spacial score (nSPS) is 14.8. The Morgan fingerprint density at radius 3 is 0.810 bits per heavy atom. The van der Waals surface area contributed by atoms with Gasteiger partial charge in [-0.05, 0) is 202 Å². The van der Waals surface area contributed by atoms with Crippen molar-refractivity contribution in [1.82, 2.24) is 71.5 Å². The molecular formula is C95H148N14O7. The zero-order chi connectivity index (χ0) is 84.7. The highest BCUT2D eigenvalue weighted by Crippen LogP contribution is 2.20. The number of morpholine rings is 1. The highest BCUT2D eigenvalue weighted by atomic mass is 16.5. The van der Waals surface area contributed by atoms with Gasteiger partial charge in [0.25, 0.3) is 35.4 Å². The van der Waals surface area contributed by atoms with E-state index in [1.165, 1.54) is 59.3 Å². The Labute approximate surface area is 699 Å². The number of nitrogens with one attached hydrogen (secondary N) is 7. The molecule has 7 N–H and O–H groups in total. The summed E-state index contributed by atoms with van der Waals surface area (Å²) in [4.78, 5) is 88.0. The summed E-state index contributed by atoms with van der Waals surface area (Å²) >= 11 is 0. The largest absolute Gasteiger partial charge is 0.379 e. The lowest BCUT2D eigenvalue weighted by Gasteiger charge is -2.32. The van der Waals surface area contributed by atoms with Gasteiger partial charge in [0.1, 0.15) is 0 Å². The van der Waals surface area contributed by atoms with E-state index in [2.05, 4.69) is 171 Å². The molecule has 6 aromatic rings. The zero-order valence-corrected chi connectivity index (χ0v) is 74.0. The van der Waals surface area contributed by atoms with E-state index in [1.54, 1.807) is 0 Å². The van der Waals surface area contributed by atoms with Crippen LogP contribution in [0.4, 0.5) is 0 Å². The number of rotatable bonds is 32. The molecule has 0 unspecified atom stereocenters. The molecule has 6 aromatic carbocycles. The third-order valence-electron chi connectivity index (χ3n) is 21.5. The van der Waals surface area contributed by atoms with Crippen molar-refractivity contribution in [3.05, 3.63) is 212 Å². The Morgan fingerprint density at radius 1 is 0.328 bits per heavy atom. The molecule has 4 fully saturated rings. The molecule has 0 aromatic heterocycles. The molecule has 4 heterocycles. The molecule has 21 heteroatoms. The topological polar surface area (TPSA) is 219 Å². The van der Waals surface area contributed by atoms with E-state index < -0.39 is 0 Å². The highest BCUT2D eigenvalue weighted by Gasteiger charge is 2.18. The van der Waals surface area contributed by atoms with Crippen molar-refractivity contribution >= 4 is 35.4 Å². The summed E-state index contributed by atoms with van der Waals surface area (Å²) in [6, 6.07) is 47.3. The van der Waals surface area contributed by atoms with Gasteiger partial charge in [-0.3, -0.25) is 43.5 Å². The number of carbonyl (C=O) groups excluding carboxylic acids is 6. The first-order chi connectivity index (χ1) is 55.6. The van der Waals surface area contributed by atoms with Crippen LogP contribution >= 0.6 is 0 Å². The summed E-state index contributed by atoms with van der Waals surface area (Å²) < 4.78 is 5.30. The number of hydrogen-bond donors (Lipinski definition) is 7. The first-order valence-corrected chi connectivity index (χ1v) is 43.2. The Hall–Kier alpha value is -8.22. The van der Waals surface area contributed by atoms with Gasteiger partial charge in [-0.25, -0.2) is 0 Å². The fourth-order valence-corrected chi connectivity index (χ4v) is 13.1. The molecule has 4 aliphatic heterocycles. The van der Waals surface area contributed by atoms with Crippen LogP contribution in [-0.4, -0.2) is 274 Å². The van der Waals surface area contributed by atoms with Crippen LogP contribution in [0.15, 0.2) is 146 Å². The Morgan fingerprint density at radius 2 is 0.560 bits per heavy atom. The van der Waals surface area contributed by atoms with Crippen molar-refractivity contribution in [2.24, 2.45) is 0 Å². The highest BCUT2D eigenvalue weighted by molar-refractivity contribution is 5.96. The van der Waals surface area contributed by atoms with Crippen LogP contribution in [0, 0.1) is 0 Å². The average molecular weight is 1600 g/mol. The van der Waals surface area contributed by atoms with Crippen molar-refractivity contribution in [1.29, 1.82) is 0 Å². The Balaban J connectivity index is 0.000000249. The molecule has 116 heavy (non-hydrogen) atoms. The van der Waals surface area contributed by atoms with E-state index in [-0.39, 0.29) is 35.4 Å². The lowest BCUT2D eigenvalue weighted by atomic mass is 10.0. The van der Waals surface area contributed by atoms with Crippen LogP contribution in [0.3, 0.4) is 0 Å². The smallest absolute Gasteiger partial charge is 0.251 e. The summed E-state index contributed by atoms with van der Waals surface area (Å²) in [7, 11) is 6.13. The zero-order valence-electron chi connectivity index (χ0n) is 74.0. The van der Waals surface area contributed by atoms with Crippen LogP contribution in [0.5, 0.6) is 0 Å². The number of ether oxygens (including phenoxy) is 1. The van der Waals surface area contributed by atoms with E-state index in [4.69, 9.17) is 4.74 Å². The van der Waals surface area contributed by atoms with Gasteiger partial charge in [0.05, 0.1) is 13.2 Å². The minimum absolute atomic E-state index is 0.00200. The maximum absolute atomic E-state index is 12.1. The van der Waals surface area contributed by atoms with Crippen molar-refractivity contribution in [2.45, 2.75) is 145 Å². The van der Waals surface area contributed by atoms with E-state index in [9.17, 15) is 28.8 Å². The van der Waals surface area contributed by atoms with Crippen molar-refractivity contribution < 1.29 is 33.5 Å². The van der Waals surface area contributed by atoms with E-state index in [0.29, 0.717) is 68.2 Å². The molecule has 4 aliphatic rings. The minimum Gasteiger partial charge on any atom is -0.379 e. The number of benzene rings is 6. The molecule has 10 rings (SSSR count). The van der Waals surface area contributed by atoms with E-state index >= 15 is 0 Å². The van der Waals surface area contributed by atoms with Crippen LogP contribution < -0.4 is 37.2 Å². The van der Waals surface area contributed by atoms with Gasteiger partial charge in [0, 0.05) is 177 Å². The van der Waals surface area contributed by atoms with Crippen molar-refractivity contribution in [3.8, 4) is 0 Å². The number of hydrogen-bond acceptors (Lipinski definition) is 15. The van der Waals surface area contributed by atoms with E-state index in [0.717, 1.165) is 171 Å². The van der Waals surface area contributed by atoms with Crippen LogP contribution in [0.1, 0.15) is 241 Å². The monoisotopic (exact) mass is 1600 g/mol. The van der Waals surface area contributed by atoms with Gasteiger partial charge in [-0.1, -0.05) is 170 Å². The summed E-state index contributed by atoms with van der Waals surface area (Å²) in [5.74, 6) is 3.11. The van der Waals surface area contributed by atoms with Crippen molar-refractivity contribution in [2.75, 3.05) is 205 Å². The SMILES string of the molecule is CC(C)c1ccc(C(=O)NCCN(C)C)cc1.CC(C)c1ccc(C(=O)NCCN2CCCC2)cc1.CC(C)c1ccc(C(=O)NCCN2CCN(C)CC2)cc1.CC(C)c1ccc(C(=O)NCCN2CCNCC2)cc1.CC(C)c1ccc(C(=O)NCCN2CCOCC2)cc1.CCN(CC)CCNC(=O)c1ccc(C(C)C)cc1. The number of likely N-dealkylation sites (tertiary alicyclic amines) is 1. The fraction of sp³-hybridized carbons (Fsp3) is 0.558. The Bertz CT molecular complexity index is 3540. The molecule has 0 bridgehead atoms. The second-order valence-corrected chi connectivity index (χ2v) is 32.8. The quantitative estimate of drug-likeness (QED) is 0.0209. The van der Waals surface area contributed by atoms with Crippen LogP contribution in [-0.2, 0) is 4.74 Å². The number of likely N-dealkylation sites (N-methyl/N-ethyl adjacent to an activating group) is 3. The first kappa shape index (κ1) is 98.4. The lowest BCUT2D eigenvalue weighted by molar-refractivity contribution is 0.0383. The van der Waals surface area contributed by atoms with E-state index in [1.807, 2.05) is 165 Å².